The van der Waals surface area contributed by atoms with Crippen LogP contribution < -0.4 is 0 Å². The summed E-state index contributed by atoms with van der Waals surface area (Å²) in [4.78, 5) is 15.5. The Kier molecular flexibility index (Phi) is 6.80. The van der Waals surface area contributed by atoms with E-state index in [-0.39, 0.29) is 5.41 Å². The van der Waals surface area contributed by atoms with Gasteiger partial charge in [0.2, 0.25) is 0 Å². The monoisotopic (exact) mass is 667 g/mol. The molecule has 0 saturated carbocycles. The fourth-order valence-electron chi connectivity index (χ4n) is 7.84. The van der Waals surface area contributed by atoms with E-state index in [2.05, 4.69) is 147 Å². The highest BCUT2D eigenvalue weighted by molar-refractivity contribution is 6.09. The van der Waals surface area contributed by atoms with Gasteiger partial charge in [-0.1, -0.05) is 153 Å². The van der Waals surface area contributed by atoms with Gasteiger partial charge in [-0.3, -0.25) is 0 Å². The summed E-state index contributed by atoms with van der Waals surface area (Å²) < 4.78 is 6.47. The lowest BCUT2D eigenvalue weighted by atomic mass is 9.82. The van der Waals surface area contributed by atoms with E-state index < -0.39 is 0 Å². The third-order valence-corrected chi connectivity index (χ3v) is 10.6. The summed E-state index contributed by atoms with van der Waals surface area (Å²) in [5, 5.41) is 2.11. The van der Waals surface area contributed by atoms with Crippen LogP contribution in [0.1, 0.15) is 25.0 Å². The first-order valence-electron chi connectivity index (χ1n) is 17.7. The molecule has 0 spiro atoms. The Hall–Kier alpha value is -6.65. The molecule has 246 valence electrons. The smallest absolute Gasteiger partial charge is 0.167 e. The summed E-state index contributed by atoms with van der Waals surface area (Å²) in [6.07, 6.45) is 0. The molecule has 0 radical (unpaired) electrons. The quantitative estimate of drug-likeness (QED) is 0.183. The largest absolute Gasteiger partial charge is 0.455 e. The van der Waals surface area contributed by atoms with Crippen LogP contribution in [-0.2, 0) is 5.41 Å². The Morgan fingerprint density at radius 3 is 1.75 bits per heavy atom. The van der Waals surface area contributed by atoms with Crippen molar-refractivity contribution in [2.24, 2.45) is 0 Å². The molecule has 4 heteroatoms. The Bertz CT molecular complexity index is 2810. The minimum absolute atomic E-state index is 0.148. The van der Waals surface area contributed by atoms with Gasteiger partial charge in [-0.2, -0.15) is 0 Å². The summed E-state index contributed by atoms with van der Waals surface area (Å²) in [5.74, 6) is 1.81. The molecule has 0 atom stereocenters. The normalized spacial score (nSPS) is 13.0. The van der Waals surface area contributed by atoms with Gasteiger partial charge >= 0.3 is 0 Å². The van der Waals surface area contributed by atoms with Crippen LogP contribution in [0.25, 0.3) is 89.5 Å². The van der Waals surface area contributed by atoms with Gasteiger partial charge in [0.25, 0.3) is 0 Å². The molecule has 0 aliphatic heterocycles. The van der Waals surface area contributed by atoms with E-state index in [0.717, 1.165) is 49.8 Å². The van der Waals surface area contributed by atoms with Crippen molar-refractivity contribution in [3.8, 4) is 67.5 Å². The minimum atomic E-state index is -0.148. The number of hydrogen-bond acceptors (Lipinski definition) is 4. The van der Waals surface area contributed by atoms with E-state index in [1.165, 1.54) is 33.4 Å². The molecule has 0 saturated heterocycles. The molecular formula is C48H33N3O. The summed E-state index contributed by atoms with van der Waals surface area (Å²) in [6, 6.07) is 57.3. The number of nitrogens with zero attached hydrogens (tertiary/aromatic N) is 3. The third-order valence-electron chi connectivity index (χ3n) is 10.6. The zero-order valence-electron chi connectivity index (χ0n) is 28.8. The van der Waals surface area contributed by atoms with Crippen molar-refractivity contribution >= 4 is 21.9 Å². The number of para-hydroxylation sites is 2. The standard InChI is InChI=1S/C48H33N3O/c1-48(2)41-20-8-6-16-36(41)37-27-26-35(29-42(37)48)46-49-45(50-47(51-46)40-19-11-18-39-38-17-7-9-21-43(38)52-44(39)40)34-15-10-14-33(28-34)32-24-22-31(23-25-32)30-12-4-3-5-13-30/h3-29H,1-2H3. The molecule has 0 unspecified atom stereocenters. The molecule has 10 rings (SSSR count). The van der Waals surface area contributed by atoms with E-state index in [9.17, 15) is 0 Å². The average molecular weight is 668 g/mol. The third kappa shape index (κ3) is 4.87. The topological polar surface area (TPSA) is 51.8 Å². The minimum Gasteiger partial charge on any atom is -0.455 e. The second-order valence-corrected chi connectivity index (χ2v) is 14.0. The molecular weight excluding hydrogens is 635 g/mol. The van der Waals surface area contributed by atoms with E-state index in [4.69, 9.17) is 19.4 Å². The summed E-state index contributed by atoms with van der Waals surface area (Å²) in [7, 11) is 0. The first-order valence-corrected chi connectivity index (χ1v) is 17.7. The van der Waals surface area contributed by atoms with Crippen LogP contribution in [0.15, 0.2) is 168 Å². The van der Waals surface area contributed by atoms with E-state index in [0.29, 0.717) is 17.5 Å². The Balaban J connectivity index is 1.13. The van der Waals surface area contributed by atoms with Crippen molar-refractivity contribution in [3.05, 3.63) is 175 Å². The Morgan fingerprint density at radius 1 is 0.385 bits per heavy atom. The Morgan fingerprint density at radius 2 is 0.923 bits per heavy atom. The number of rotatable bonds is 5. The number of furan rings is 1. The molecule has 0 fully saturated rings. The van der Waals surface area contributed by atoms with Crippen LogP contribution in [0, 0.1) is 0 Å². The van der Waals surface area contributed by atoms with Crippen molar-refractivity contribution in [2.75, 3.05) is 0 Å². The van der Waals surface area contributed by atoms with Gasteiger partial charge in [0.15, 0.2) is 17.5 Å². The van der Waals surface area contributed by atoms with Crippen molar-refractivity contribution in [3.63, 3.8) is 0 Å². The van der Waals surface area contributed by atoms with Crippen LogP contribution >= 0.6 is 0 Å². The zero-order chi connectivity index (χ0) is 34.8. The van der Waals surface area contributed by atoms with E-state index >= 15 is 0 Å². The molecule has 7 aromatic carbocycles. The Labute approximate surface area is 302 Å². The molecule has 4 nitrogen and oxygen atoms in total. The molecule has 1 aliphatic rings. The lowest BCUT2D eigenvalue weighted by molar-refractivity contribution is 0.660. The molecule has 0 amide bonds. The number of aromatic nitrogens is 3. The van der Waals surface area contributed by atoms with Gasteiger partial charge in [-0.15, -0.1) is 0 Å². The maximum atomic E-state index is 6.47. The van der Waals surface area contributed by atoms with Crippen molar-refractivity contribution < 1.29 is 4.42 Å². The molecule has 0 N–H and O–H groups in total. The molecule has 9 aromatic rings. The van der Waals surface area contributed by atoms with Crippen molar-refractivity contribution in [2.45, 2.75) is 19.3 Å². The van der Waals surface area contributed by atoms with Gasteiger partial charge in [-0.25, -0.2) is 15.0 Å². The summed E-state index contributed by atoms with van der Waals surface area (Å²) in [6.45, 7) is 4.59. The van der Waals surface area contributed by atoms with Crippen LogP contribution in [0.2, 0.25) is 0 Å². The lowest BCUT2D eigenvalue weighted by Gasteiger charge is -2.21. The molecule has 2 aromatic heterocycles. The van der Waals surface area contributed by atoms with Crippen LogP contribution in [0.4, 0.5) is 0 Å². The number of fused-ring (bicyclic) bond motifs is 6. The maximum Gasteiger partial charge on any atom is 0.167 e. The number of hydrogen-bond donors (Lipinski definition) is 0. The van der Waals surface area contributed by atoms with Crippen molar-refractivity contribution in [1.29, 1.82) is 0 Å². The van der Waals surface area contributed by atoms with Gasteiger partial charge in [-0.05, 0) is 68.8 Å². The van der Waals surface area contributed by atoms with Gasteiger partial charge < -0.3 is 4.42 Å². The second kappa shape index (κ2) is 11.7. The van der Waals surface area contributed by atoms with E-state index in [1.807, 2.05) is 30.3 Å². The molecule has 1 aliphatic carbocycles. The van der Waals surface area contributed by atoms with Gasteiger partial charge in [0.05, 0.1) is 5.56 Å². The van der Waals surface area contributed by atoms with Gasteiger partial charge in [0.1, 0.15) is 11.2 Å². The highest BCUT2D eigenvalue weighted by Crippen LogP contribution is 2.49. The maximum absolute atomic E-state index is 6.47. The summed E-state index contributed by atoms with van der Waals surface area (Å²) in [5.41, 5.74) is 13.9. The highest BCUT2D eigenvalue weighted by atomic mass is 16.3. The van der Waals surface area contributed by atoms with Crippen LogP contribution in [0.3, 0.4) is 0 Å². The van der Waals surface area contributed by atoms with E-state index in [1.54, 1.807) is 0 Å². The fraction of sp³-hybridized carbons (Fsp3) is 0.0625. The predicted molar refractivity (Wildman–Crippen MR) is 212 cm³/mol. The number of benzene rings is 7. The highest BCUT2D eigenvalue weighted by Gasteiger charge is 2.35. The molecule has 0 bridgehead atoms. The van der Waals surface area contributed by atoms with Crippen LogP contribution in [0.5, 0.6) is 0 Å². The lowest BCUT2D eigenvalue weighted by Crippen LogP contribution is -2.15. The van der Waals surface area contributed by atoms with Crippen molar-refractivity contribution in [1.82, 2.24) is 15.0 Å². The molecule has 52 heavy (non-hydrogen) atoms. The first kappa shape index (κ1) is 30.2. The fourth-order valence-corrected chi connectivity index (χ4v) is 7.84. The summed E-state index contributed by atoms with van der Waals surface area (Å²) >= 11 is 0. The predicted octanol–water partition coefficient (Wildman–Crippen LogP) is 12.4. The van der Waals surface area contributed by atoms with Gasteiger partial charge in [0, 0.05) is 27.3 Å². The molecule has 2 heterocycles. The SMILES string of the molecule is CC1(C)c2ccccc2-c2ccc(-c3nc(-c4cccc(-c5ccc(-c6ccccc6)cc5)c4)nc(-c4cccc5c4oc4ccccc45)n3)cc21. The first-order chi connectivity index (χ1) is 25.5. The zero-order valence-corrected chi connectivity index (χ0v) is 28.8. The average Bonchev–Trinajstić information content (AvgIpc) is 3.70. The second-order valence-electron chi connectivity index (χ2n) is 14.0. The van der Waals surface area contributed by atoms with Crippen LogP contribution in [-0.4, -0.2) is 15.0 Å².